The Morgan fingerprint density at radius 1 is 1.06 bits per heavy atom. The number of methoxy groups -OCH3 is 2. The third-order valence-electron chi connectivity index (χ3n) is 5.59. The van der Waals surface area contributed by atoms with Crippen LogP contribution in [0.5, 0.6) is 11.5 Å². The Morgan fingerprint density at radius 2 is 1.77 bits per heavy atom. The molecule has 0 aromatic heterocycles. The van der Waals surface area contributed by atoms with E-state index in [1.165, 1.54) is 38.2 Å². The second kappa shape index (κ2) is 9.60. The number of hydrogen-bond acceptors (Lipinski definition) is 5. The number of aryl methyl sites for hydroxylation is 2. The van der Waals surface area contributed by atoms with Crippen LogP contribution in [0.2, 0.25) is 0 Å². The molecule has 0 fully saturated rings. The Kier molecular flexibility index (Phi) is 7.10. The molecule has 0 saturated carbocycles. The first kappa shape index (κ1) is 22.9. The summed E-state index contributed by atoms with van der Waals surface area (Å²) in [6, 6.07) is 10.9. The van der Waals surface area contributed by atoms with Gasteiger partial charge in [-0.15, -0.1) is 0 Å². The van der Waals surface area contributed by atoms with Crippen molar-refractivity contribution in [1.29, 1.82) is 0 Å². The predicted molar refractivity (Wildman–Crippen MR) is 121 cm³/mol. The first-order valence-electron chi connectivity index (χ1n) is 10.3. The molecule has 2 aromatic rings. The van der Waals surface area contributed by atoms with Crippen LogP contribution < -0.4 is 19.1 Å². The lowest BCUT2D eigenvalue weighted by atomic mass is 9.89. The Morgan fingerprint density at radius 3 is 2.42 bits per heavy atom. The van der Waals surface area contributed by atoms with Gasteiger partial charge in [0.25, 0.3) is 0 Å². The zero-order chi connectivity index (χ0) is 22.6. The van der Waals surface area contributed by atoms with Crippen LogP contribution in [0, 0.1) is 0 Å². The molecule has 1 atom stereocenters. The number of sulfonamides is 1. The van der Waals surface area contributed by atoms with E-state index < -0.39 is 15.9 Å². The molecule has 1 aliphatic rings. The molecule has 1 N–H and O–H groups in total. The first-order valence-corrected chi connectivity index (χ1v) is 12.2. The van der Waals surface area contributed by atoms with E-state index >= 15 is 0 Å². The van der Waals surface area contributed by atoms with Crippen LogP contribution in [0.25, 0.3) is 0 Å². The maximum absolute atomic E-state index is 12.8. The maximum Gasteiger partial charge on any atom is 0.241 e. The minimum absolute atomic E-state index is 0.242. The highest BCUT2D eigenvalue weighted by Crippen LogP contribution is 2.33. The lowest BCUT2D eigenvalue weighted by Gasteiger charge is -2.25. The molecule has 0 bridgehead atoms. The topological polar surface area (TPSA) is 84.9 Å². The Labute approximate surface area is 184 Å². The second-order valence-electron chi connectivity index (χ2n) is 7.83. The fraction of sp³-hybridized carbons (Fsp3) is 0.435. The molecule has 1 amide bonds. The number of carbonyl (C=O) groups excluding carboxylic acids is 1. The highest BCUT2D eigenvalue weighted by molar-refractivity contribution is 7.92. The molecule has 1 unspecified atom stereocenters. The van der Waals surface area contributed by atoms with Gasteiger partial charge in [0, 0.05) is 6.07 Å². The van der Waals surface area contributed by atoms with Gasteiger partial charge < -0.3 is 14.8 Å². The summed E-state index contributed by atoms with van der Waals surface area (Å²) in [5, 5.41) is 2.92. The van der Waals surface area contributed by atoms with Gasteiger partial charge in [-0.1, -0.05) is 18.2 Å². The number of anilines is 1. The van der Waals surface area contributed by atoms with Crippen molar-refractivity contribution in [3.05, 3.63) is 53.1 Å². The monoisotopic (exact) mass is 446 g/mol. The lowest BCUT2D eigenvalue weighted by molar-refractivity contribution is -0.120. The van der Waals surface area contributed by atoms with Crippen LogP contribution in [0.1, 0.15) is 42.5 Å². The molecule has 0 saturated heterocycles. The number of ether oxygens (including phenoxy) is 2. The standard InChI is InChI=1S/C23H30N2O5S/c1-16(18-10-9-17-7-5-6-8-19(17)13-18)24-23(26)15-25(31(4,27)28)21-14-20(29-2)11-12-22(21)30-3/h9-14,16H,5-8,15H2,1-4H3,(H,24,26). The van der Waals surface area contributed by atoms with E-state index in [9.17, 15) is 13.2 Å². The summed E-state index contributed by atoms with van der Waals surface area (Å²) in [6.45, 7) is 1.54. The molecule has 3 rings (SSSR count). The second-order valence-corrected chi connectivity index (χ2v) is 9.74. The summed E-state index contributed by atoms with van der Waals surface area (Å²) in [6.07, 6.45) is 5.62. The quantitative estimate of drug-likeness (QED) is 0.673. The van der Waals surface area contributed by atoms with Crippen molar-refractivity contribution in [3.8, 4) is 11.5 Å². The van der Waals surface area contributed by atoms with Crippen LogP contribution in [-0.2, 0) is 27.7 Å². The van der Waals surface area contributed by atoms with E-state index in [-0.39, 0.29) is 18.3 Å². The van der Waals surface area contributed by atoms with E-state index in [4.69, 9.17) is 9.47 Å². The van der Waals surface area contributed by atoms with Crippen molar-refractivity contribution in [2.24, 2.45) is 0 Å². The summed E-state index contributed by atoms with van der Waals surface area (Å²) in [7, 11) is -0.808. The van der Waals surface area contributed by atoms with Gasteiger partial charge in [0.1, 0.15) is 18.0 Å². The van der Waals surface area contributed by atoms with Gasteiger partial charge in [0.15, 0.2) is 0 Å². The van der Waals surface area contributed by atoms with Gasteiger partial charge in [0.05, 0.1) is 32.2 Å². The van der Waals surface area contributed by atoms with Crippen molar-refractivity contribution in [1.82, 2.24) is 5.32 Å². The van der Waals surface area contributed by atoms with Crippen molar-refractivity contribution in [2.45, 2.75) is 38.6 Å². The maximum atomic E-state index is 12.8. The van der Waals surface area contributed by atoms with Crippen LogP contribution >= 0.6 is 0 Å². The van der Waals surface area contributed by atoms with Crippen molar-refractivity contribution < 1.29 is 22.7 Å². The fourth-order valence-electron chi connectivity index (χ4n) is 3.90. The Bertz CT molecular complexity index is 1050. The number of hydrogen-bond donors (Lipinski definition) is 1. The zero-order valence-corrected chi connectivity index (χ0v) is 19.3. The van der Waals surface area contributed by atoms with Crippen LogP contribution in [0.3, 0.4) is 0 Å². The van der Waals surface area contributed by atoms with Gasteiger partial charge in [-0.25, -0.2) is 8.42 Å². The number of benzene rings is 2. The van der Waals surface area contributed by atoms with Gasteiger partial charge in [-0.2, -0.15) is 0 Å². The fourth-order valence-corrected chi connectivity index (χ4v) is 4.75. The van der Waals surface area contributed by atoms with E-state index in [1.807, 2.05) is 13.0 Å². The molecule has 0 radical (unpaired) electrons. The van der Waals surface area contributed by atoms with Gasteiger partial charge in [0.2, 0.25) is 15.9 Å². The molecular formula is C23H30N2O5S. The zero-order valence-electron chi connectivity index (χ0n) is 18.5. The average Bonchev–Trinajstić information content (AvgIpc) is 2.75. The molecule has 0 spiro atoms. The summed E-state index contributed by atoms with van der Waals surface area (Å²) < 4.78 is 36.6. The Balaban J connectivity index is 1.79. The highest BCUT2D eigenvalue weighted by atomic mass is 32.2. The molecule has 0 heterocycles. The number of fused-ring (bicyclic) bond motifs is 1. The van der Waals surface area contributed by atoms with Crippen molar-refractivity contribution in [2.75, 3.05) is 31.3 Å². The molecule has 1 aliphatic carbocycles. The third kappa shape index (κ3) is 5.50. The highest BCUT2D eigenvalue weighted by Gasteiger charge is 2.25. The first-order chi connectivity index (χ1) is 14.7. The number of carbonyl (C=O) groups is 1. The summed E-state index contributed by atoms with van der Waals surface area (Å²) in [5.74, 6) is 0.398. The van der Waals surface area contributed by atoms with E-state index in [2.05, 4.69) is 17.4 Å². The number of nitrogens with zero attached hydrogens (tertiary/aromatic N) is 1. The summed E-state index contributed by atoms with van der Waals surface area (Å²) >= 11 is 0. The number of amides is 1. The van der Waals surface area contributed by atoms with Gasteiger partial charge in [-0.05, 0) is 61.4 Å². The lowest BCUT2D eigenvalue weighted by Crippen LogP contribution is -2.41. The summed E-state index contributed by atoms with van der Waals surface area (Å²) in [5.41, 5.74) is 3.98. The molecule has 168 valence electrons. The third-order valence-corrected chi connectivity index (χ3v) is 6.72. The molecule has 8 heteroatoms. The molecular weight excluding hydrogens is 416 g/mol. The number of rotatable bonds is 8. The smallest absolute Gasteiger partial charge is 0.241 e. The molecule has 0 aliphatic heterocycles. The number of nitrogens with one attached hydrogen (secondary N) is 1. The largest absolute Gasteiger partial charge is 0.497 e. The normalized spacial score (nSPS) is 14.3. The average molecular weight is 447 g/mol. The van der Waals surface area contributed by atoms with Gasteiger partial charge in [-0.3, -0.25) is 9.10 Å². The van der Waals surface area contributed by atoms with Crippen molar-refractivity contribution >= 4 is 21.6 Å². The van der Waals surface area contributed by atoms with Gasteiger partial charge >= 0.3 is 0 Å². The SMILES string of the molecule is COc1ccc(OC)c(N(CC(=O)NC(C)c2ccc3c(c2)CCCC3)S(C)(=O)=O)c1. The molecule has 2 aromatic carbocycles. The van der Waals surface area contributed by atoms with Crippen molar-refractivity contribution in [3.63, 3.8) is 0 Å². The van der Waals surface area contributed by atoms with E-state index in [0.717, 1.165) is 29.0 Å². The van der Waals surface area contributed by atoms with Crippen LogP contribution in [0.15, 0.2) is 36.4 Å². The predicted octanol–water partition coefficient (Wildman–Crippen LogP) is 3.23. The Hall–Kier alpha value is -2.74. The van der Waals surface area contributed by atoms with Crippen LogP contribution in [0.4, 0.5) is 5.69 Å². The van der Waals surface area contributed by atoms with E-state index in [0.29, 0.717) is 11.5 Å². The minimum atomic E-state index is -3.75. The van der Waals surface area contributed by atoms with E-state index in [1.54, 1.807) is 18.2 Å². The summed E-state index contributed by atoms with van der Waals surface area (Å²) in [4.78, 5) is 12.8. The minimum Gasteiger partial charge on any atom is -0.497 e. The molecule has 7 nitrogen and oxygen atoms in total. The molecule has 31 heavy (non-hydrogen) atoms. The van der Waals surface area contributed by atoms with Crippen LogP contribution in [-0.4, -0.2) is 41.3 Å².